The lowest BCUT2D eigenvalue weighted by Gasteiger charge is -2.01. The molecular formula is C12H14N2O3S. The molecule has 0 amide bonds. The van der Waals surface area contributed by atoms with Gasteiger partial charge < -0.3 is 10.1 Å². The fourth-order valence-electron chi connectivity index (χ4n) is 1.86. The van der Waals surface area contributed by atoms with Crippen LogP contribution in [0.1, 0.15) is 34.9 Å². The van der Waals surface area contributed by atoms with Gasteiger partial charge in [0.05, 0.1) is 5.39 Å². The van der Waals surface area contributed by atoms with Crippen molar-refractivity contribution >= 4 is 27.5 Å². The molecule has 2 aromatic rings. The van der Waals surface area contributed by atoms with Gasteiger partial charge in [-0.3, -0.25) is 4.79 Å². The van der Waals surface area contributed by atoms with Crippen LogP contribution < -0.4 is 5.56 Å². The van der Waals surface area contributed by atoms with Gasteiger partial charge in [0.25, 0.3) is 5.56 Å². The molecule has 0 saturated carbocycles. The van der Waals surface area contributed by atoms with Crippen molar-refractivity contribution in [3.63, 3.8) is 0 Å². The number of carboxylic acids is 1. The molecule has 0 atom stereocenters. The molecule has 0 saturated heterocycles. The van der Waals surface area contributed by atoms with Gasteiger partial charge in [0.2, 0.25) is 5.82 Å². The van der Waals surface area contributed by atoms with Crippen LogP contribution in [0.3, 0.4) is 0 Å². The van der Waals surface area contributed by atoms with E-state index >= 15 is 0 Å². The van der Waals surface area contributed by atoms with Crippen LogP contribution in [0.4, 0.5) is 0 Å². The molecule has 18 heavy (non-hydrogen) atoms. The number of aromatic nitrogens is 2. The zero-order chi connectivity index (χ0) is 13.4. The van der Waals surface area contributed by atoms with E-state index in [0.717, 1.165) is 16.9 Å². The second-order valence-corrected chi connectivity index (χ2v) is 5.73. The molecule has 6 heteroatoms. The largest absolute Gasteiger partial charge is 0.475 e. The van der Waals surface area contributed by atoms with Gasteiger partial charge in [0.15, 0.2) is 0 Å². The van der Waals surface area contributed by atoms with Gasteiger partial charge in [-0.05, 0) is 24.8 Å². The second-order valence-electron chi connectivity index (χ2n) is 4.65. The average molecular weight is 266 g/mol. The summed E-state index contributed by atoms with van der Waals surface area (Å²) in [7, 11) is 0. The Morgan fingerprint density at radius 1 is 1.50 bits per heavy atom. The lowest BCUT2D eigenvalue weighted by Crippen LogP contribution is -2.15. The molecule has 0 aliphatic carbocycles. The molecular weight excluding hydrogens is 252 g/mol. The van der Waals surface area contributed by atoms with Gasteiger partial charge in [0.1, 0.15) is 4.83 Å². The summed E-state index contributed by atoms with van der Waals surface area (Å²) in [6.07, 6.45) is 0.870. The monoisotopic (exact) mass is 266 g/mol. The number of nitrogens with one attached hydrogen (secondary N) is 1. The Balaban J connectivity index is 2.68. The minimum absolute atomic E-state index is 0.301. The Morgan fingerprint density at radius 2 is 2.17 bits per heavy atom. The molecule has 0 aliphatic heterocycles. The van der Waals surface area contributed by atoms with E-state index in [1.165, 1.54) is 11.3 Å². The van der Waals surface area contributed by atoms with Gasteiger partial charge in [0, 0.05) is 4.88 Å². The summed E-state index contributed by atoms with van der Waals surface area (Å²) in [4.78, 5) is 30.6. The SMILES string of the molecule is Cc1c(CC(C)C)sc2nc(C(=O)O)[nH]c(=O)c12. The first-order valence-electron chi connectivity index (χ1n) is 5.65. The third-order valence-corrected chi connectivity index (χ3v) is 3.90. The summed E-state index contributed by atoms with van der Waals surface area (Å²) in [6.45, 7) is 6.09. The van der Waals surface area contributed by atoms with Crippen LogP contribution in [-0.4, -0.2) is 21.0 Å². The molecule has 5 nitrogen and oxygen atoms in total. The van der Waals surface area contributed by atoms with Crippen molar-refractivity contribution in [3.8, 4) is 0 Å². The van der Waals surface area contributed by atoms with Crippen molar-refractivity contribution < 1.29 is 9.90 Å². The number of carboxylic acid groups (broad SMARTS) is 1. The standard InChI is InChI=1S/C12H14N2O3S/c1-5(2)4-7-6(3)8-10(15)13-9(12(16)17)14-11(8)18-7/h5H,4H2,1-3H3,(H,16,17)(H,13,14,15). The van der Waals surface area contributed by atoms with Crippen molar-refractivity contribution in [1.29, 1.82) is 0 Å². The van der Waals surface area contributed by atoms with Gasteiger partial charge in [-0.15, -0.1) is 11.3 Å². The topological polar surface area (TPSA) is 83.0 Å². The molecule has 0 unspecified atom stereocenters. The van der Waals surface area contributed by atoms with E-state index in [2.05, 4.69) is 23.8 Å². The Labute approximate surface area is 107 Å². The van der Waals surface area contributed by atoms with Crippen molar-refractivity contribution in [2.45, 2.75) is 27.2 Å². The highest BCUT2D eigenvalue weighted by molar-refractivity contribution is 7.18. The van der Waals surface area contributed by atoms with E-state index in [0.29, 0.717) is 16.1 Å². The lowest BCUT2D eigenvalue weighted by atomic mass is 10.1. The lowest BCUT2D eigenvalue weighted by molar-refractivity contribution is 0.0683. The molecule has 0 spiro atoms. The third-order valence-electron chi connectivity index (χ3n) is 2.70. The number of aromatic carboxylic acids is 1. The minimum atomic E-state index is -1.22. The zero-order valence-electron chi connectivity index (χ0n) is 10.4. The number of thiophene rings is 1. The van der Waals surface area contributed by atoms with Crippen molar-refractivity contribution in [3.05, 3.63) is 26.6 Å². The molecule has 96 valence electrons. The Morgan fingerprint density at radius 3 is 2.72 bits per heavy atom. The summed E-state index contributed by atoms with van der Waals surface area (Å²) in [5.74, 6) is -1.04. The summed E-state index contributed by atoms with van der Waals surface area (Å²) >= 11 is 1.40. The van der Waals surface area contributed by atoms with Crippen LogP contribution in [-0.2, 0) is 6.42 Å². The quantitative estimate of drug-likeness (QED) is 0.892. The van der Waals surface area contributed by atoms with Crippen LogP contribution in [0.25, 0.3) is 10.2 Å². The predicted octanol–water partition coefficient (Wildman–Crippen LogP) is 2.19. The van der Waals surface area contributed by atoms with Gasteiger partial charge in [-0.2, -0.15) is 0 Å². The average Bonchev–Trinajstić information content (AvgIpc) is 2.55. The number of aryl methyl sites for hydroxylation is 1. The first-order valence-corrected chi connectivity index (χ1v) is 6.47. The van der Waals surface area contributed by atoms with E-state index in [4.69, 9.17) is 5.11 Å². The van der Waals surface area contributed by atoms with E-state index in [9.17, 15) is 9.59 Å². The first-order chi connectivity index (χ1) is 8.40. The number of carbonyl (C=O) groups is 1. The maximum absolute atomic E-state index is 11.9. The smallest absolute Gasteiger partial charge is 0.372 e. The van der Waals surface area contributed by atoms with E-state index in [1.807, 2.05) is 6.92 Å². The molecule has 2 rings (SSSR count). The highest BCUT2D eigenvalue weighted by Crippen LogP contribution is 2.28. The van der Waals surface area contributed by atoms with E-state index < -0.39 is 5.97 Å². The van der Waals surface area contributed by atoms with Crippen LogP contribution in [0.2, 0.25) is 0 Å². The number of H-pyrrole nitrogens is 1. The van der Waals surface area contributed by atoms with Gasteiger partial charge >= 0.3 is 5.97 Å². The maximum Gasteiger partial charge on any atom is 0.372 e. The number of hydrogen-bond donors (Lipinski definition) is 2. The minimum Gasteiger partial charge on any atom is -0.475 e. The zero-order valence-corrected chi connectivity index (χ0v) is 11.2. The molecule has 0 radical (unpaired) electrons. The van der Waals surface area contributed by atoms with Crippen LogP contribution in [0.15, 0.2) is 4.79 Å². The van der Waals surface area contributed by atoms with Crippen molar-refractivity contribution in [2.75, 3.05) is 0 Å². The van der Waals surface area contributed by atoms with Crippen LogP contribution in [0.5, 0.6) is 0 Å². The van der Waals surface area contributed by atoms with Crippen molar-refractivity contribution in [1.82, 2.24) is 9.97 Å². The fourth-order valence-corrected chi connectivity index (χ4v) is 3.25. The number of aromatic amines is 1. The second kappa shape index (κ2) is 4.53. The summed E-state index contributed by atoms with van der Waals surface area (Å²) in [5.41, 5.74) is 0.538. The predicted molar refractivity (Wildman–Crippen MR) is 70.5 cm³/mol. The highest BCUT2D eigenvalue weighted by Gasteiger charge is 2.16. The molecule has 0 bridgehead atoms. The van der Waals surface area contributed by atoms with Crippen LogP contribution >= 0.6 is 11.3 Å². The Kier molecular flexibility index (Phi) is 3.21. The Hall–Kier alpha value is -1.69. The fraction of sp³-hybridized carbons (Fsp3) is 0.417. The van der Waals surface area contributed by atoms with Gasteiger partial charge in [-0.1, -0.05) is 13.8 Å². The molecule has 2 N–H and O–H groups in total. The number of rotatable bonds is 3. The molecule has 2 heterocycles. The van der Waals surface area contributed by atoms with E-state index in [-0.39, 0.29) is 11.4 Å². The van der Waals surface area contributed by atoms with Gasteiger partial charge in [-0.25, -0.2) is 9.78 Å². The third kappa shape index (κ3) is 2.15. The van der Waals surface area contributed by atoms with Crippen molar-refractivity contribution in [2.24, 2.45) is 5.92 Å². The summed E-state index contributed by atoms with van der Waals surface area (Å²) < 4.78 is 0. The molecule has 0 aromatic carbocycles. The summed E-state index contributed by atoms with van der Waals surface area (Å²) in [6, 6.07) is 0. The summed E-state index contributed by atoms with van der Waals surface area (Å²) in [5, 5.41) is 9.38. The normalized spacial score (nSPS) is 11.3. The maximum atomic E-state index is 11.9. The number of fused-ring (bicyclic) bond motifs is 1. The van der Waals surface area contributed by atoms with E-state index in [1.54, 1.807) is 0 Å². The highest BCUT2D eigenvalue weighted by atomic mass is 32.1. The molecule has 2 aromatic heterocycles. The number of nitrogens with zero attached hydrogens (tertiary/aromatic N) is 1. The number of hydrogen-bond acceptors (Lipinski definition) is 4. The molecule has 0 fully saturated rings. The first kappa shape index (κ1) is 12.8. The van der Waals surface area contributed by atoms with Crippen LogP contribution in [0, 0.1) is 12.8 Å². The Bertz CT molecular complexity index is 670. The molecule has 0 aliphatic rings.